The number of sulfone groups is 1. The van der Waals surface area contributed by atoms with Crippen LogP contribution in [0.15, 0.2) is 67.1 Å². The molecule has 0 saturated carbocycles. The zero-order valence-corrected chi connectivity index (χ0v) is 18.5. The van der Waals surface area contributed by atoms with Gasteiger partial charge in [-0.05, 0) is 54.8 Å². The lowest BCUT2D eigenvalue weighted by Gasteiger charge is -2.25. The number of amides is 1. The van der Waals surface area contributed by atoms with E-state index in [0.29, 0.717) is 6.54 Å². The number of rotatable bonds is 7. The summed E-state index contributed by atoms with van der Waals surface area (Å²) in [4.78, 5) is 13.6. The molecule has 0 bridgehead atoms. The van der Waals surface area contributed by atoms with Crippen LogP contribution < -0.4 is 5.48 Å². The number of hydrogen-bond acceptors (Lipinski definition) is 6. The highest BCUT2D eigenvalue weighted by atomic mass is 32.2. The molecule has 166 valence electrons. The second-order valence-electron chi connectivity index (χ2n) is 7.84. The molecule has 0 fully saturated rings. The van der Waals surface area contributed by atoms with Crippen LogP contribution in [0.4, 0.5) is 0 Å². The van der Waals surface area contributed by atoms with Crippen molar-refractivity contribution in [3.8, 4) is 16.8 Å². The van der Waals surface area contributed by atoms with Crippen molar-refractivity contribution in [2.45, 2.75) is 24.6 Å². The van der Waals surface area contributed by atoms with Gasteiger partial charge in [0.15, 0.2) is 14.6 Å². The molecule has 0 spiro atoms. The predicted octanol–water partition coefficient (Wildman–Crippen LogP) is 2.59. The minimum atomic E-state index is -3.74. The van der Waals surface area contributed by atoms with E-state index in [0.717, 1.165) is 34.0 Å². The predicted molar refractivity (Wildman–Crippen MR) is 120 cm³/mol. The summed E-state index contributed by atoms with van der Waals surface area (Å²) < 4.78 is 24.5. The van der Waals surface area contributed by atoms with Gasteiger partial charge in [-0.2, -0.15) is 15.0 Å². The number of benzene rings is 2. The number of aryl methyl sites for hydroxylation is 1. The highest BCUT2D eigenvalue weighted by molar-refractivity contribution is 7.92. The number of hydroxylamine groups is 1. The highest BCUT2D eigenvalue weighted by Gasteiger charge is 2.43. The standard InChI is InChI=1S/C22H23N5O4S/c1-22(21(28)25-29,32(2,30)31)10-14-26-13-9-18-15-17(5-8-20(18)26)16-3-6-19(7-4-16)27-23-11-12-24-27/h3-9,11-13,15,29H,10,14H2,1-2H3,(H,25,28)/t22-/m1/s1. The third kappa shape index (κ3) is 3.90. The van der Waals surface area contributed by atoms with Gasteiger partial charge in [0, 0.05) is 29.9 Å². The first-order chi connectivity index (χ1) is 15.2. The van der Waals surface area contributed by atoms with Gasteiger partial charge in [0.2, 0.25) is 0 Å². The van der Waals surface area contributed by atoms with Crippen LogP contribution >= 0.6 is 0 Å². The average Bonchev–Trinajstić information content (AvgIpc) is 3.46. The van der Waals surface area contributed by atoms with E-state index in [9.17, 15) is 13.2 Å². The van der Waals surface area contributed by atoms with Crippen molar-refractivity contribution in [2.75, 3.05) is 6.26 Å². The molecule has 4 rings (SSSR count). The Kier molecular flexibility index (Phi) is 5.57. The molecule has 9 nitrogen and oxygen atoms in total. The van der Waals surface area contributed by atoms with Crippen molar-refractivity contribution in [2.24, 2.45) is 0 Å². The van der Waals surface area contributed by atoms with Crippen molar-refractivity contribution in [3.05, 3.63) is 67.1 Å². The lowest BCUT2D eigenvalue weighted by atomic mass is 10.0. The van der Waals surface area contributed by atoms with Gasteiger partial charge in [-0.15, -0.1) is 0 Å². The number of nitrogens with one attached hydrogen (secondary N) is 1. The van der Waals surface area contributed by atoms with Crippen LogP contribution in [0, 0.1) is 0 Å². The Balaban J connectivity index is 1.57. The van der Waals surface area contributed by atoms with Crippen LogP contribution in [-0.4, -0.2) is 50.1 Å². The molecule has 0 aliphatic rings. The third-order valence-electron chi connectivity index (χ3n) is 5.85. The average molecular weight is 454 g/mol. The van der Waals surface area contributed by atoms with Gasteiger partial charge in [0.25, 0.3) is 5.91 Å². The summed E-state index contributed by atoms with van der Waals surface area (Å²) >= 11 is 0. The Labute approximate surface area is 185 Å². The summed E-state index contributed by atoms with van der Waals surface area (Å²) in [5.41, 5.74) is 5.35. The molecule has 1 atom stereocenters. The van der Waals surface area contributed by atoms with Crippen molar-refractivity contribution in [3.63, 3.8) is 0 Å². The third-order valence-corrected chi connectivity index (χ3v) is 7.88. The maximum Gasteiger partial charge on any atom is 0.264 e. The first kappa shape index (κ1) is 21.7. The Hall–Kier alpha value is -3.50. The van der Waals surface area contributed by atoms with E-state index in [1.54, 1.807) is 17.2 Å². The largest absolute Gasteiger partial charge is 0.347 e. The molecule has 0 aliphatic carbocycles. The second-order valence-corrected chi connectivity index (χ2v) is 10.3. The number of fused-ring (bicyclic) bond motifs is 1. The molecule has 0 aliphatic heterocycles. The summed E-state index contributed by atoms with van der Waals surface area (Å²) in [7, 11) is -3.74. The zero-order valence-electron chi connectivity index (χ0n) is 17.6. The Morgan fingerprint density at radius 3 is 2.34 bits per heavy atom. The van der Waals surface area contributed by atoms with Crippen molar-refractivity contribution >= 4 is 26.6 Å². The minimum Gasteiger partial charge on any atom is -0.347 e. The number of aromatic nitrogens is 4. The highest BCUT2D eigenvalue weighted by Crippen LogP contribution is 2.28. The number of hydrogen-bond donors (Lipinski definition) is 2. The fourth-order valence-corrected chi connectivity index (χ4v) is 4.47. The molecule has 0 saturated heterocycles. The van der Waals surface area contributed by atoms with Crippen molar-refractivity contribution in [1.29, 1.82) is 0 Å². The first-order valence-corrected chi connectivity index (χ1v) is 11.8. The van der Waals surface area contributed by atoms with Gasteiger partial charge in [0.05, 0.1) is 18.1 Å². The molecule has 4 aromatic rings. The van der Waals surface area contributed by atoms with E-state index in [-0.39, 0.29) is 6.42 Å². The monoisotopic (exact) mass is 453 g/mol. The molecular weight excluding hydrogens is 430 g/mol. The topological polar surface area (TPSA) is 119 Å². The second kappa shape index (κ2) is 8.21. The zero-order chi connectivity index (χ0) is 22.9. The van der Waals surface area contributed by atoms with Gasteiger partial charge in [-0.25, -0.2) is 13.9 Å². The molecule has 1 amide bonds. The molecule has 32 heavy (non-hydrogen) atoms. The molecule has 2 aromatic heterocycles. The molecule has 2 aromatic carbocycles. The summed E-state index contributed by atoms with van der Waals surface area (Å²) in [6.45, 7) is 1.62. The SMILES string of the molecule is C[C@@](CCn1ccc2cc(-c3ccc(-n4nccn4)cc3)ccc21)(C(=O)NO)S(C)(=O)=O. The number of carbonyl (C=O) groups is 1. The van der Waals surface area contributed by atoms with Gasteiger partial charge >= 0.3 is 0 Å². The molecule has 10 heteroatoms. The Morgan fingerprint density at radius 1 is 1.06 bits per heavy atom. The summed E-state index contributed by atoms with van der Waals surface area (Å²) in [6.07, 6.45) is 6.13. The van der Waals surface area contributed by atoms with Crippen molar-refractivity contribution < 1.29 is 18.4 Å². The van der Waals surface area contributed by atoms with Crippen LogP contribution in [0.5, 0.6) is 0 Å². The van der Waals surface area contributed by atoms with Crippen LogP contribution in [0.3, 0.4) is 0 Å². The van der Waals surface area contributed by atoms with E-state index in [1.165, 1.54) is 12.4 Å². The lowest BCUT2D eigenvalue weighted by Crippen LogP contribution is -2.49. The van der Waals surface area contributed by atoms with E-state index in [1.807, 2.05) is 53.2 Å². The van der Waals surface area contributed by atoms with Gasteiger partial charge in [0.1, 0.15) is 0 Å². The Bertz CT molecular complexity index is 1360. The van der Waals surface area contributed by atoms with Crippen molar-refractivity contribution in [1.82, 2.24) is 25.0 Å². The summed E-state index contributed by atoms with van der Waals surface area (Å²) in [5.74, 6) is -0.937. The first-order valence-electron chi connectivity index (χ1n) is 9.93. The van der Waals surface area contributed by atoms with Crippen LogP contribution in [-0.2, 0) is 21.2 Å². The normalized spacial score (nSPS) is 13.7. The van der Waals surface area contributed by atoms with Crippen LogP contribution in [0.2, 0.25) is 0 Å². The maximum absolute atomic E-state index is 12.2. The minimum absolute atomic E-state index is 0.0205. The van der Waals surface area contributed by atoms with Gasteiger partial charge in [-0.3, -0.25) is 10.0 Å². The molecule has 0 radical (unpaired) electrons. The van der Waals surface area contributed by atoms with Gasteiger partial charge < -0.3 is 4.57 Å². The molecule has 2 N–H and O–H groups in total. The van der Waals surface area contributed by atoms with E-state index in [4.69, 9.17) is 5.21 Å². The van der Waals surface area contributed by atoms with E-state index in [2.05, 4.69) is 16.3 Å². The van der Waals surface area contributed by atoms with E-state index < -0.39 is 20.5 Å². The molecular formula is C22H23N5O4S. The fraction of sp³-hybridized carbons (Fsp3) is 0.227. The molecule has 0 unspecified atom stereocenters. The van der Waals surface area contributed by atoms with E-state index >= 15 is 0 Å². The fourth-order valence-electron chi connectivity index (χ4n) is 3.63. The van der Waals surface area contributed by atoms with Gasteiger partial charge in [-0.1, -0.05) is 18.2 Å². The van der Waals surface area contributed by atoms with Crippen LogP contribution in [0.25, 0.3) is 27.7 Å². The number of carbonyl (C=O) groups excluding carboxylic acids is 1. The Morgan fingerprint density at radius 2 is 1.72 bits per heavy atom. The molecule has 2 heterocycles. The smallest absolute Gasteiger partial charge is 0.264 e. The number of nitrogens with zero attached hydrogens (tertiary/aromatic N) is 4. The summed E-state index contributed by atoms with van der Waals surface area (Å²) in [6, 6.07) is 15.9. The quantitative estimate of drug-likeness (QED) is 0.328. The summed E-state index contributed by atoms with van der Waals surface area (Å²) in [5, 5.41) is 18.2. The lowest BCUT2D eigenvalue weighted by molar-refractivity contribution is -0.131. The van der Waals surface area contributed by atoms with Crippen LogP contribution in [0.1, 0.15) is 13.3 Å². The maximum atomic E-state index is 12.2.